The molecule has 90 valence electrons. The molecule has 0 bridgehead atoms. The maximum absolute atomic E-state index is 11.8. The standard InChI is InChI=1S/C16H13BrO/c17-12-14-8-6-13(7-9-14)10-11-16(18)15-4-2-1-3-5-15/h1-11H,12H2/b11-10+. The van der Waals surface area contributed by atoms with Gasteiger partial charge in [-0.05, 0) is 17.2 Å². The second-order valence-corrected chi connectivity index (χ2v) is 4.50. The van der Waals surface area contributed by atoms with Gasteiger partial charge in [-0.15, -0.1) is 0 Å². The maximum Gasteiger partial charge on any atom is 0.185 e. The molecule has 2 rings (SSSR count). The Morgan fingerprint density at radius 3 is 2.28 bits per heavy atom. The van der Waals surface area contributed by atoms with Gasteiger partial charge in [0.2, 0.25) is 0 Å². The molecule has 0 radical (unpaired) electrons. The Labute approximate surface area is 115 Å². The number of halogens is 1. The fourth-order valence-corrected chi connectivity index (χ4v) is 1.96. The molecule has 18 heavy (non-hydrogen) atoms. The predicted molar refractivity (Wildman–Crippen MR) is 78.9 cm³/mol. The van der Waals surface area contributed by atoms with Crippen molar-refractivity contribution in [3.8, 4) is 0 Å². The summed E-state index contributed by atoms with van der Waals surface area (Å²) in [6.45, 7) is 0. The van der Waals surface area contributed by atoms with E-state index in [1.165, 1.54) is 5.56 Å². The fourth-order valence-electron chi connectivity index (χ4n) is 1.59. The summed E-state index contributed by atoms with van der Waals surface area (Å²) in [6.07, 6.45) is 3.45. The molecule has 0 amide bonds. The van der Waals surface area contributed by atoms with Gasteiger partial charge in [-0.1, -0.05) is 76.6 Å². The van der Waals surface area contributed by atoms with E-state index in [4.69, 9.17) is 0 Å². The Balaban J connectivity index is 2.08. The van der Waals surface area contributed by atoms with Crippen LogP contribution in [0.1, 0.15) is 21.5 Å². The van der Waals surface area contributed by atoms with Gasteiger partial charge in [-0.3, -0.25) is 4.79 Å². The summed E-state index contributed by atoms with van der Waals surface area (Å²) in [6, 6.07) is 17.4. The molecule has 0 saturated carbocycles. The molecule has 2 aromatic rings. The van der Waals surface area contributed by atoms with Crippen LogP contribution in [0.5, 0.6) is 0 Å². The van der Waals surface area contributed by atoms with Crippen LogP contribution in [0.2, 0.25) is 0 Å². The lowest BCUT2D eigenvalue weighted by Gasteiger charge is -1.97. The Morgan fingerprint density at radius 1 is 1.00 bits per heavy atom. The van der Waals surface area contributed by atoms with Crippen molar-refractivity contribution < 1.29 is 4.79 Å². The first-order valence-electron chi connectivity index (χ1n) is 5.72. The third kappa shape index (κ3) is 3.41. The van der Waals surface area contributed by atoms with E-state index in [1.54, 1.807) is 6.08 Å². The Hall–Kier alpha value is -1.67. The van der Waals surface area contributed by atoms with E-state index in [0.717, 1.165) is 10.9 Å². The van der Waals surface area contributed by atoms with Crippen LogP contribution in [-0.4, -0.2) is 5.78 Å². The highest BCUT2D eigenvalue weighted by atomic mass is 79.9. The zero-order valence-electron chi connectivity index (χ0n) is 9.84. The zero-order chi connectivity index (χ0) is 12.8. The molecule has 0 aliphatic heterocycles. The molecule has 0 aromatic heterocycles. The van der Waals surface area contributed by atoms with Gasteiger partial charge < -0.3 is 0 Å². The van der Waals surface area contributed by atoms with Crippen LogP contribution in [0, 0.1) is 0 Å². The number of alkyl halides is 1. The number of allylic oxidation sites excluding steroid dienone is 1. The summed E-state index contributed by atoms with van der Waals surface area (Å²) in [7, 11) is 0. The Morgan fingerprint density at radius 2 is 1.67 bits per heavy atom. The molecule has 1 nitrogen and oxygen atoms in total. The molecule has 0 unspecified atom stereocenters. The van der Waals surface area contributed by atoms with Crippen LogP contribution >= 0.6 is 15.9 Å². The van der Waals surface area contributed by atoms with Gasteiger partial charge in [0.25, 0.3) is 0 Å². The number of ketones is 1. The van der Waals surface area contributed by atoms with Crippen molar-refractivity contribution in [2.45, 2.75) is 5.33 Å². The van der Waals surface area contributed by atoms with Gasteiger partial charge >= 0.3 is 0 Å². The minimum absolute atomic E-state index is 0.0279. The Bertz CT molecular complexity index is 541. The fraction of sp³-hybridized carbons (Fsp3) is 0.0625. The first kappa shape index (κ1) is 12.8. The van der Waals surface area contributed by atoms with Crippen molar-refractivity contribution in [3.05, 3.63) is 77.4 Å². The summed E-state index contributed by atoms with van der Waals surface area (Å²) in [5, 5.41) is 0.847. The average Bonchev–Trinajstić information content (AvgIpc) is 2.46. The van der Waals surface area contributed by atoms with E-state index in [-0.39, 0.29) is 5.78 Å². The molecule has 0 heterocycles. The number of hydrogen-bond donors (Lipinski definition) is 0. The second-order valence-electron chi connectivity index (χ2n) is 3.94. The lowest BCUT2D eigenvalue weighted by molar-refractivity contribution is 0.104. The molecular weight excluding hydrogens is 288 g/mol. The molecule has 0 atom stereocenters. The van der Waals surface area contributed by atoms with E-state index in [0.29, 0.717) is 5.56 Å². The highest BCUT2D eigenvalue weighted by Gasteiger charge is 1.99. The molecule has 0 aliphatic rings. The zero-order valence-corrected chi connectivity index (χ0v) is 11.4. The van der Waals surface area contributed by atoms with Crippen LogP contribution in [0.25, 0.3) is 6.08 Å². The van der Waals surface area contributed by atoms with Gasteiger partial charge in [0.1, 0.15) is 0 Å². The molecular formula is C16H13BrO. The first-order valence-corrected chi connectivity index (χ1v) is 6.84. The highest BCUT2D eigenvalue weighted by Crippen LogP contribution is 2.10. The number of hydrogen-bond acceptors (Lipinski definition) is 1. The number of carbonyl (C=O) groups is 1. The maximum atomic E-state index is 11.8. The Kier molecular flexibility index (Phi) is 4.48. The third-order valence-electron chi connectivity index (χ3n) is 2.62. The molecule has 0 aliphatic carbocycles. The topological polar surface area (TPSA) is 17.1 Å². The SMILES string of the molecule is O=C(/C=C/c1ccc(CBr)cc1)c1ccccc1. The van der Waals surface area contributed by atoms with Crippen LogP contribution in [-0.2, 0) is 5.33 Å². The number of benzene rings is 2. The van der Waals surface area contributed by atoms with Crippen molar-refractivity contribution in [2.75, 3.05) is 0 Å². The second kappa shape index (κ2) is 6.31. The lowest BCUT2D eigenvalue weighted by Crippen LogP contribution is -1.92. The van der Waals surface area contributed by atoms with Crippen molar-refractivity contribution in [1.82, 2.24) is 0 Å². The highest BCUT2D eigenvalue weighted by molar-refractivity contribution is 9.08. The normalized spacial score (nSPS) is 10.7. The summed E-state index contributed by atoms with van der Waals surface area (Å²) in [5.74, 6) is 0.0279. The quantitative estimate of drug-likeness (QED) is 0.462. The molecule has 2 heteroatoms. The van der Waals surface area contributed by atoms with Gasteiger partial charge in [-0.25, -0.2) is 0 Å². The van der Waals surface area contributed by atoms with Crippen LogP contribution in [0.3, 0.4) is 0 Å². The van der Waals surface area contributed by atoms with Crippen molar-refractivity contribution in [1.29, 1.82) is 0 Å². The molecule has 2 aromatic carbocycles. The predicted octanol–water partition coefficient (Wildman–Crippen LogP) is 4.48. The molecule has 0 saturated heterocycles. The minimum atomic E-state index is 0.0279. The van der Waals surface area contributed by atoms with Gasteiger partial charge in [-0.2, -0.15) is 0 Å². The smallest absolute Gasteiger partial charge is 0.185 e. The lowest BCUT2D eigenvalue weighted by atomic mass is 10.1. The van der Waals surface area contributed by atoms with E-state index in [9.17, 15) is 4.79 Å². The number of rotatable bonds is 4. The van der Waals surface area contributed by atoms with Crippen molar-refractivity contribution >= 4 is 27.8 Å². The minimum Gasteiger partial charge on any atom is -0.289 e. The summed E-state index contributed by atoms with van der Waals surface area (Å²) in [4.78, 5) is 11.8. The van der Waals surface area contributed by atoms with E-state index in [2.05, 4.69) is 15.9 Å². The summed E-state index contributed by atoms with van der Waals surface area (Å²) in [5.41, 5.74) is 2.97. The van der Waals surface area contributed by atoms with Gasteiger partial charge in [0, 0.05) is 10.9 Å². The summed E-state index contributed by atoms with van der Waals surface area (Å²) < 4.78 is 0. The average molecular weight is 301 g/mol. The monoisotopic (exact) mass is 300 g/mol. The number of carbonyl (C=O) groups excluding carboxylic acids is 1. The van der Waals surface area contributed by atoms with Crippen LogP contribution in [0.4, 0.5) is 0 Å². The van der Waals surface area contributed by atoms with E-state index < -0.39 is 0 Å². The third-order valence-corrected chi connectivity index (χ3v) is 3.27. The molecule has 0 fully saturated rings. The molecule has 0 spiro atoms. The van der Waals surface area contributed by atoms with Gasteiger partial charge in [0.05, 0.1) is 0 Å². The van der Waals surface area contributed by atoms with Crippen molar-refractivity contribution in [2.24, 2.45) is 0 Å². The first-order chi connectivity index (χ1) is 8.79. The largest absolute Gasteiger partial charge is 0.289 e. The van der Waals surface area contributed by atoms with Crippen LogP contribution in [0.15, 0.2) is 60.7 Å². The van der Waals surface area contributed by atoms with Crippen molar-refractivity contribution in [3.63, 3.8) is 0 Å². The molecule has 0 N–H and O–H groups in total. The van der Waals surface area contributed by atoms with E-state index in [1.807, 2.05) is 60.7 Å². The van der Waals surface area contributed by atoms with Crippen LogP contribution < -0.4 is 0 Å². The van der Waals surface area contributed by atoms with E-state index >= 15 is 0 Å². The summed E-state index contributed by atoms with van der Waals surface area (Å²) >= 11 is 3.40. The van der Waals surface area contributed by atoms with Gasteiger partial charge in [0.15, 0.2) is 5.78 Å².